The Morgan fingerprint density at radius 3 is 2.32 bits per heavy atom. The molecule has 0 bridgehead atoms. The lowest BCUT2D eigenvalue weighted by molar-refractivity contribution is -0.113. The minimum Gasteiger partial charge on any atom is -0.443 e. The Hall–Kier alpha value is -3.64. The second kappa shape index (κ2) is 11.0. The first-order valence-electron chi connectivity index (χ1n) is 11.0. The van der Waals surface area contributed by atoms with Crippen LogP contribution >= 0.6 is 27.5 Å². The van der Waals surface area contributed by atoms with Crippen LogP contribution in [0.2, 0.25) is 0 Å². The molecule has 2 aromatic carbocycles. The van der Waals surface area contributed by atoms with E-state index in [-0.39, 0.29) is 22.7 Å². The summed E-state index contributed by atoms with van der Waals surface area (Å²) in [5.74, 6) is -1.23. The van der Waals surface area contributed by atoms with Crippen molar-refractivity contribution in [2.75, 3.05) is 16.0 Å². The highest BCUT2D eigenvalue weighted by Crippen LogP contribution is 2.37. The Morgan fingerprint density at radius 2 is 1.76 bits per heavy atom. The smallest absolute Gasteiger partial charge is 0.443 e. The Labute approximate surface area is 230 Å². The first-order valence-corrected chi connectivity index (χ1v) is 12.2. The van der Waals surface area contributed by atoms with Gasteiger partial charge in [-0.15, -0.1) is 8.78 Å². The molecule has 38 heavy (non-hydrogen) atoms. The molecule has 0 saturated heterocycles. The van der Waals surface area contributed by atoms with E-state index in [1.54, 1.807) is 27.7 Å². The number of amides is 3. The summed E-state index contributed by atoms with van der Waals surface area (Å²) in [4.78, 5) is 40.7. The topological polar surface area (TPSA) is 114 Å². The van der Waals surface area contributed by atoms with Gasteiger partial charge in [-0.25, -0.2) is 4.79 Å². The number of benzene rings is 2. The molecule has 0 aliphatic carbocycles. The molecule has 1 aliphatic rings. The molecule has 1 heterocycles. The van der Waals surface area contributed by atoms with Crippen molar-refractivity contribution in [3.8, 4) is 5.75 Å². The quantitative estimate of drug-likeness (QED) is 0.298. The number of hydrogen-bond donors (Lipinski definition) is 2. The summed E-state index contributed by atoms with van der Waals surface area (Å²) in [5, 5.41) is 2.61. The third-order valence-corrected chi connectivity index (χ3v) is 5.49. The van der Waals surface area contributed by atoms with Crippen LogP contribution < -0.4 is 20.7 Å². The molecular formula is C25H24BrClF2N4O5. The number of allylic oxidation sites excluding steroid dienone is 1. The fourth-order valence-corrected chi connectivity index (χ4v) is 4.08. The highest BCUT2D eigenvalue weighted by atomic mass is 79.9. The highest BCUT2D eigenvalue weighted by molar-refractivity contribution is 9.10. The fourth-order valence-electron chi connectivity index (χ4n) is 3.34. The van der Waals surface area contributed by atoms with Gasteiger partial charge in [0.2, 0.25) is 0 Å². The molecule has 0 spiro atoms. The van der Waals surface area contributed by atoms with Gasteiger partial charge in [0.1, 0.15) is 11.4 Å². The zero-order valence-electron chi connectivity index (χ0n) is 20.7. The molecule has 0 atom stereocenters. The van der Waals surface area contributed by atoms with Crippen molar-refractivity contribution in [3.63, 3.8) is 0 Å². The van der Waals surface area contributed by atoms with E-state index in [1.807, 2.05) is 0 Å². The van der Waals surface area contributed by atoms with Gasteiger partial charge in [0, 0.05) is 51.5 Å². The maximum absolute atomic E-state index is 13.0. The molecule has 3 amide bonds. The lowest BCUT2D eigenvalue weighted by Crippen LogP contribution is -2.31. The summed E-state index contributed by atoms with van der Waals surface area (Å²) in [7, 11) is 0. The summed E-state index contributed by atoms with van der Waals surface area (Å²) in [6.07, 6.45) is 3.24. The normalized spacial score (nSPS) is 14.1. The molecule has 9 nitrogen and oxygen atoms in total. The van der Waals surface area contributed by atoms with Crippen molar-refractivity contribution in [1.29, 1.82) is 0 Å². The van der Waals surface area contributed by atoms with Crippen molar-refractivity contribution >= 4 is 62.5 Å². The van der Waals surface area contributed by atoms with E-state index >= 15 is 0 Å². The minimum atomic E-state index is -3.86. The van der Waals surface area contributed by atoms with Gasteiger partial charge in [0.15, 0.2) is 0 Å². The predicted molar refractivity (Wildman–Crippen MR) is 143 cm³/mol. The van der Waals surface area contributed by atoms with Crippen LogP contribution in [0.15, 0.2) is 65.0 Å². The van der Waals surface area contributed by atoms with E-state index in [2.05, 4.69) is 26.0 Å². The molecule has 0 unspecified atom stereocenters. The molecule has 0 radical (unpaired) electrons. The van der Waals surface area contributed by atoms with E-state index in [1.165, 1.54) is 59.8 Å². The summed E-state index contributed by atoms with van der Waals surface area (Å²) in [6.45, 7) is 6.79. The van der Waals surface area contributed by atoms with E-state index in [0.29, 0.717) is 15.9 Å². The number of nitrogen functional groups attached to an aromatic ring is 1. The van der Waals surface area contributed by atoms with Gasteiger partial charge in [0.05, 0.1) is 11.4 Å². The van der Waals surface area contributed by atoms with E-state index in [4.69, 9.17) is 22.1 Å². The largest absolute Gasteiger partial charge is 0.487 e. The van der Waals surface area contributed by atoms with Crippen LogP contribution in [0.5, 0.6) is 5.75 Å². The molecule has 202 valence electrons. The number of nitrogens with one attached hydrogen (secondary N) is 1. The first-order chi connectivity index (χ1) is 17.5. The molecule has 3 rings (SSSR count). The van der Waals surface area contributed by atoms with Gasteiger partial charge >= 0.3 is 11.7 Å². The van der Waals surface area contributed by atoms with Gasteiger partial charge in [-0.3, -0.25) is 19.4 Å². The predicted octanol–water partition coefficient (Wildman–Crippen LogP) is 6.41. The third kappa shape index (κ3) is 7.45. The van der Waals surface area contributed by atoms with Crippen LogP contribution in [0.25, 0.3) is 0 Å². The average molecular weight is 614 g/mol. The van der Waals surface area contributed by atoms with Gasteiger partial charge in [0.25, 0.3) is 11.8 Å². The molecule has 3 N–H and O–H groups in total. The zero-order chi connectivity index (χ0) is 28.4. The number of hydrogen-bond acceptors (Lipinski definition) is 6. The van der Waals surface area contributed by atoms with E-state index in [0.717, 1.165) is 4.90 Å². The van der Waals surface area contributed by atoms with E-state index in [9.17, 15) is 23.2 Å². The van der Waals surface area contributed by atoms with Crippen LogP contribution in [0.3, 0.4) is 0 Å². The highest BCUT2D eigenvalue weighted by Gasteiger charge is 2.29. The maximum Gasteiger partial charge on any atom is 0.487 e. The molecule has 0 aromatic heterocycles. The number of ether oxygens (including phenoxy) is 2. The fraction of sp³-hybridized carbons (Fsp3) is 0.240. The maximum atomic E-state index is 13.0. The first kappa shape index (κ1) is 28.9. The van der Waals surface area contributed by atoms with Crippen molar-refractivity contribution in [1.82, 2.24) is 4.90 Å². The van der Waals surface area contributed by atoms with E-state index < -0.39 is 29.1 Å². The Morgan fingerprint density at radius 1 is 1.13 bits per heavy atom. The molecule has 0 fully saturated rings. The SMILES string of the molecule is CC1=CN(C(=O)OC(C)(C)C)C=CC(=O)N1c1c(N)cc(C(=O)Nc2ccc(OC(F)(F)Cl)cc2)cc1Br. The molecule has 1 aliphatic heterocycles. The van der Waals surface area contributed by atoms with Crippen molar-refractivity contribution in [3.05, 3.63) is 70.6 Å². The summed E-state index contributed by atoms with van der Waals surface area (Å²) in [6, 6.07) is 7.99. The number of alkyl halides is 3. The van der Waals surface area contributed by atoms with Crippen LogP contribution in [-0.2, 0) is 9.53 Å². The number of carbonyl (C=O) groups excluding carboxylic acids is 3. The molecule has 13 heteroatoms. The van der Waals surface area contributed by atoms with Crippen LogP contribution in [-0.4, -0.2) is 34.0 Å². The lowest BCUT2D eigenvalue weighted by Gasteiger charge is -2.25. The Balaban J connectivity index is 1.83. The minimum absolute atomic E-state index is 0.0952. The van der Waals surface area contributed by atoms with Gasteiger partial charge < -0.3 is 20.5 Å². The summed E-state index contributed by atoms with van der Waals surface area (Å²) in [5.41, 5.74) is 2.83. The van der Waals surface area contributed by atoms with Crippen LogP contribution in [0, 0.1) is 0 Å². The number of halogens is 4. The second-order valence-corrected chi connectivity index (χ2v) is 10.4. The average Bonchev–Trinajstić information content (AvgIpc) is 2.91. The van der Waals surface area contributed by atoms with Crippen LogP contribution in [0.1, 0.15) is 38.1 Å². The summed E-state index contributed by atoms with van der Waals surface area (Å²) >= 11 is 8.12. The van der Waals surface area contributed by atoms with Crippen molar-refractivity contribution in [2.24, 2.45) is 0 Å². The number of rotatable bonds is 5. The molecule has 0 saturated carbocycles. The zero-order valence-corrected chi connectivity index (χ0v) is 23.1. The van der Waals surface area contributed by atoms with Crippen LogP contribution in [0.4, 0.5) is 30.6 Å². The summed E-state index contributed by atoms with van der Waals surface area (Å²) < 4.78 is 35.5. The number of carbonyl (C=O) groups is 3. The number of anilines is 3. The lowest BCUT2D eigenvalue weighted by atomic mass is 10.1. The number of nitrogens with zero attached hydrogens (tertiary/aromatic N) is 2. The number of nitrogens with two attached hydrogens (primary N) is 1. The van der Waals surface area contributed by atoms with Gasteiger partial charge in [-0.1, -0.05) is 0 Å². The standard InChI is InChI=1S/C25H24BrClF2N4O5/c1-14-13-32(23(36)38-24(2,3)4)10-9-20(34)33(14)21-18(26)11-15(12-19(21)30)22(35)31-16-5-7-17(8-6-16)37-25(27,28)29/h5-13H,30H2,1-4H3,(H,31,35). The molecule has 2 aromatic rings. The third-order valence-electron chi connectivity index (χ3n) is 4.81. The molecular weight excluding hydrogens is 590 g/mol. The second-order valence-electron chi connectivity index (χ2n) is 9.07. The van der Waals surface area contributed by atoms with Crippen molar-refractivity contribution in [2.45, 2.75) is 38.9 Å². The monoisotopic (exact) mass is 612 g/mol. The van der Waals surface area contributed by atoms with Gasteiger partial charge in [-0.2, -0.15) is 0 Å². The Bertz CT molecular complexity index is 1300. The van der Waals surface area contributed by atoms with Crippen molar-refractivity contribution < 1.29 is 32.6 Å². The van der Waals surface area contributed by atoms with Gasteiger partial charge in [-0.05, 0) is 80.0 Å². The Kier molecular flexibility index (Phi) is 8.37.